The summed E-state index contributed by atoms with van der Waals surface area (Å²) in [6, 6.07) is 58.4. The third-order valence-corrected chi connectivity index (χ3v) is 9.16. The number of anilines is 5. The molecule has 0 saturated heterocycles. The van der Waals surface area contributed by atoms with Crippen LogP contribution in [0.5, 0.6) is 0 Å². The van der Waals surface area contributed by atoms with Crippen molar-refractivity contribution >= 4 is 70.7 Å². The third kappa shape index (κ3) is 4.61. The van der Waals surface area contributed by atoms with Crippen LogP contribution in [0.4, 0.5) is 28.4 Å². The van der Waals surface area contributed by atoms with Gasteiger partial charge in [-0.2, -0.15) is 0 Å². The van der Waals surface area contributed by atoms with E-state index in [0.717, 1.165) is 28.4 Å². The predicted octanol–water partition coefficient (Wildman–Crippen LogP) is 12.1. The topological polar surface area (TPSA) is 15.3 Å². The highest BCUT2D eigenvalue weighted by atomic mass is 32.1. The minimum atomic E-state index is 1.05. The summed E-state index contributed by atoms with van der Waals surface area (Å²) in [5.74, 6) is 0. The lowest BCUT2D eigenvalue weighted by Crippen LogP contribution is -2.10. The van der Waals surface area contributed by atoms with Crippen molar-refractivity contribution in [1.29, 1.82) is 0 Å². The summed E-state index contributed by atoms with van der Waals surface area (Å²) in [6.07, 6.45) is 0. The Kier molecular flexibility index (Phi) is 6.36. The number of fused-ring (bicyclic) bond motifs is 4. The summed E-state index contributed by atoms with van der Waals surface area (Å²) in [7, 11) is 0. The Morgan fingerprint density at radius 2 is 1.12 bits per heavy atom. The lowest BCUT2D eigenvalue weighted by molar-refractivity contribution is 1.30. The fraction of sp³-hybridized carbons (Fsp3) is 0. The maximum absolute atomic E-state index is 3.77. The number of benzene rings is 7. The largest absolute Gasteiger partial charge is 0.355 e. The monoisotopic (exact) mass is 568 g/mol. The smallest absolute Gasteiger partial charge is 0.0540 e. The van der Waals surface area contributed by atoms with Gasteiger partial charge in [-0.25, -0.2) is 0 Å². The molecule has 0 radical (unpaired) electrons. The van der Waals surface area contributed by atoms with Crippen LogP contribution in [0, 0.1) is 0 Å². The van der Waals surface area contributed by atoms with Gasteiger partial charge >= 0.3 is 0 Å². The van der Waals surface area contributed by atoms with E-state index < -0.39 is 0 Å². The normalized spacial score (nSPS) is 11.3. The number of nitrogens with zero attached hydrogens (tertiary/aromatic N) is 1. The van der Waals surface area contributed by atoms with Crippen LogP contribution >= 0.6 is 11.3 Å². The first-order valence-electron chi connectivity index (χ1n) is 14.5. The molecule has 8 aromatic rings. The molecule has 7 aromatic carbocycles. The van der Waals surface area contributed by atoms with Gasteiger partial charge in [-0.15, -0.1) is 11.3 Å². The van der Waals surface area contributed by atoms with Crippen molar-refractivity contribution in [3.05, 3.63) is 164 Å². The van der Waals surface area contributed by atoms with Crippen LogP contribution < -0.4 is 10.2 Å². The molecule has 0 aliphatic rings. The van der Waals surface area contributed by atoms with Crippen molar-refractivity contribution in [3.8, 4) is 11.1 Å². The fourth-order valence-electron chi connectivity index (χ4n) is 6.11. The second kappa shape index (κ2) is 10.8. The Hall–Kier alpha value is -5.38. The third-order valence-electron chi connectivity index (χ3n) is 8.03. The first-order chi connectivity index (χ1) is 21.3. The molecule has 0 unspecified atom stereocenters. The molecule has 0 bridgehead atoms. The molecule has 0 aliphatic heterocycles. The Labute approximate surface area is 255 Å². The summed E-state index contributed by atoms with van der Waals surface area (Å²) in [5, 5.41) is 8.78. The molecule has 204 valence electrons. The van der Waals surface area contributed by atoms with Crippen molar-refractivity contribution in [2.45, 2.75) is 0 Å². The lowest BCUT2D eigenvalue weighted by atomic mass is 9.96. The van der Waals surface area contributed by atoms with E-state index in [2.05, 4.69) is 174 Å². The van der Waals surface area contributed by atoms with E-state index in [1.54, 1.807) is 0 Å². The van der Waals surface area contributed by atoms with Gasteiger partial charge in [0.15, 0.2) is 0 Å². The van der Waals surface area contributed by atoms with E-state index in [1.165, 1.54) is 42.1 Å². The van der Waals surface area contributed by atoms with Gasteiger partial charge in [0.25, 0.3) is 0 Å². The summed E-state index contributed by atoms with van der Waals surface area (Å²) in [4.78, 5) is 2.36. The number of para-hydroxylation sites is 1. The first-order valence-corrected chi connectivity index (χ1v) is 15.3. The van der Waals surface area contributed by atoms with Gasteiger partial charge in [0, 0.05) is 48.3 Å². The first kappa shape index (κ1) is 25.3. The van der Waals surface area contributed by atoms with E-state index in [9.17, 15) is 0 Å². The van der Waals surface area contributed by atoms with Gasteiger partial charge in [-0.3, -0.25) is 0 Å². The number of thiophene rings is 1. The van der Waals surface area contributed by atoms with Gasteiger partial charge in [0.2, 0.25) is 0 Å². The second-order valence-electron chi connectivity index (χ2n) is 10.7. The van der Waals surface area contributed by atoms with E-state index in [1.807, 2.05) is 11.3 Å². The molecule has 2 nitrogen and oxygen atoms in total. The molecule has 1 N–H and O–H groups in total. The highest BCUT2D eigenvalue weighted by Gasteiger charge is 2.18. The highest BCUT2D eigenvalue weighted by molar-refractivity contribution is 7.25. The van der Waals surface area contributed by atoms with Crippen LogP contribution in [-0.2, 0) is 0 Å². The Balaban J connectivity index is 1.27. The summed E-state index contributed by atoms with van der Waals surface area (Å²) in [6.45, 7) is 0. The van der Waals surface area contributed by atoms with Crippen LogP contribution in [0.2, 0.25) is 0 Å². The zero-order chi connectivity index (χ0) is 28.6. The lowest BCUT2D eigenvalue weighted by Gasteiger charge is -2.28. The Bertz CT molecular complexity index is 2220. The minimum absolute atomic E-state index is 1.05. The molecule has 3 heteroatoms. The number of rotatable bonds is 6. The molecule has 8 rings (SSSR count). The van der Waals surface area contributed by atoms with Crippen LogP contribution in [0.3, 0.4) is 0 Å². The fourth-order valence-corrected chi connectivity index (χ4v) is 7.24. The number of hydrogen-bond acceptors (Lipinski definition) is 3. The van der Waals surface area contributed by atoms with Crippen molar-refractivity contribution < 1.29 is 0 Å². The van der Waals surface area contributed by atoms with E-state index in [4.69, 9.17) is 0 Å². The molecule has 0 amide bonds. The molecule has 0 saturated carbocycles. The molecule has 1 heterocycles. The number of hydrogen-bond donors (Lipinski definition) is 1. The molecular weight excluding hydrogens is 541 g/mol. The summed E-state index contributed by atoms with van der Waals surface area (Å²) < 4.78 is 2.60. The Morgan fingerprint density at radius 3 is 1.95 bits per heavy atom. The zero-order valence-corrected chi connectivity index (χ0v) is 24.3. The quantitative estimate of drug-likeness (QED) is 0.215. The van der Waals surface area contributed by atoms with E-state index >= 15 is 0 Å². The van der Waals surface area contributed by atoms with E-state index in [0.29, 0.717) is 0 Å². The number of nitrogens with one attached hydrogen (secondary N) is 1. The van der Waals surface area contributed by atoms with Crippen molar-refractivity contribution in [2.24, 2.45) is 0 Å². The van der Waals surface area contributed by atoms with Gasteiger partial charge in [-0.1, -0.05) is 109 Å². The van der Waals surface area contributed by atoms with Crippen molar-refractivity contribution in [1.82, 2.24) is 0 Å². The molecule has 0 fully saturated rings. The van der Waals surface area contributed by atoms with Gasteiger partial charge < -0.3 is 10.2 Å². The SMILES string of the molecule is c1ccc(-c2ccc(N(c3ccccc3)c3cccc(Nc4cccc5sc6ccccc6c45)c3)c3ccccc23)cc1. The van der Waals surface area contributed by atoms with Crippen LogP contribution in [0.25, 0.3) is 42.1 Å². The maximum atomic E-state index is 3.77. The maximum Gasteiger partial charge on any atom is 0.0540 e. The molecule has 0 atom stereocenters. The van der Waals surface area contributed by atoms with Crippen LogP contribution in [0.1, 0.15) is 0 Å². The second-order valence-corrected chi connectivity index (χ2v) is 11.8. The average Bonchev–Trinajstić information content (AvgIpc) is 3.46. The highest BCUT2D eigenvalue weighted by Crippen LogP contribution is 2.43. The molecule has 1 aromatic heterocycles. The van der Waals surface area contributed by atoms with E-state index in [-0.39, 0.29) is 0 Å². The van der Waals surface area contributed by atoms with Gasteiger partial charge in [0.1, 0.15) is 0 Å². The predicted molar refractivity (Wildman–Crippen MR) is 187 cm³/mol. The van der Waals surface area contributed by atoms with Gasteiger partial charge in [0.05, 0.1) is 5.69 Å². The summed E-state index contributed by atoms with van der Waals surface area (Å²) in [5.41, 5.74) is 7.98. The van der Waals surface area contributed by atoms with Crippen LogP contribution in [0.15, 0.2) is 164 Å². The minimum Gasteiger partial charge on any atom is -0.355 e. The molecule has 43 heavy (non-hydrogen) atoms. The molecule has 0 spiro atoms. The van der Waals surface area contributed by atoms with Crippen molar-refractivity contribution in [3.63, 3.8) is 0 Å². The average molecular weight is 569 g/mol. The molecule has 0 aliphatic carbocycles. The standard InChI is InChI=1S/C40H28N2S/c1-3-13-28(14-4-1)32-25-26-37(34-20-8-7-19-33(32)34)42(30-16-5-2-6-17-30)31-18-11-15-29(27-31)41-36-22-12-24-39-40(36)35-21-9-10-23-38(35)43-39/h1-27,41H. The summed E-state index contributed by atoms with van der Waals surface area (Å²) >= 11 is 1.84. The van der Waals surface area contributed by atoms with Crippen LogP contribution in [-0.4, -0.2) is 0 Å². The van der Waals surface area contributed by atoms with Gasteiger partial charge in [-0.05, 0) is 71.1 Å². The van der Waals surface area contributed by atoms with Crippen molar-refractivity contribution in [2.75, 3.05) is 10.2 Å². The Morgan fingerprint density at radius 1 is 0.465 bits per heavy atom. The molecular formula is C40H28N2S. The zero-order valence-electron chi connectivity index (χ0n) is 23.4.